The topological polar surface area (TPSA) is 109 Å². The van der Waals surface area contributed by atoms with Gasteiger partial charge in [0.2, 0.25) is 11.8 Å². The van der Waals surface area contributed by atoms with Gasteiger partial charge in [-0.3, -0.25) is 19.9 Å². The van der Waals surface area contributed by atoms with Crippen molar-refractivity contribution in [1.29, 1.82) is 0 Å². The zero-order valence-corrected chi connectivity index (χ0v) is 20.3. The summed E-state index contributed by atoms with van der Waals surface area (Å²) in [5.41, 5.74) is 9.77. The Morgan fingerprint density at radius 3 is 2.42 bits per heavy atom. The van der Waals surface area contributed by atoms with E-state index in [2.05, 4.69) is 20.9 Å². The van der Waals surface area contributed by atoms with Crippen LogP contribution in [0.4, 0.5) is 11.4 Å². The number of amides is 2. The smallest absolute Gasteiger partial charge is 0.248 e. The molecule has 1 atom stereocenters. The number of pyridine rings is 1. The van der Waals surface area contributed by atoms with Crippen molar-refractivity contribution >= 4 is 29.3 Å². The van der Waals surface area contributed by atoms with Crippen LogP contribution in [0.25, 0.3) is 6.08 Å². The Morgan fingerprint density at radius 1 is 0.972 bits per heavy atom. The van der Waals surface area contributed by atoms with Gasteiger partial charge in [0, 0.05) is 31.1 Å². The fourth-order valence-corrected chi connectivity index (χ4v) is 4.37. The van der Waals surface area contributed by atoms with Gasteiger partial charge in [-0.15, -0.1) is 0 Å². The Labute approximate surface area is 212 Å². The Hall–Kier alpha value is -3.97. The van der Waals surface area contributed by atoms with Crippen molar-refractivity contribution < 1.29 is 9.59 Å². The van der Waals surface area contributed by atoms with Gasteiger partial charge in [0.15, 0.2) is 0 Å². The molecule has 4 rings (SSSR count). The molecule has 1 aliphatic carbocycles. The molecule has 2 amide bonds. The van der Waals surface area contributed by atoms with Crippen molar-refractivity contribution in [3.63, 3.8) is 0 Å². The second-order valence-corrected chi connectivity index (χ2v) is 9.09. The number of carbonyl (C=O) groups excluding carboxylic acids is 2. The van der Waals surface area contributed by atoms with Gasteiger partial charge in [-0.25, -0.2) is 0 Å². The van der Waals surface area contributed by atoms with Gasteiger partial charge < -0.3 is 16.4 Å². The van der Waals surface area contributed by atoms with Crippen LogP contribution in [0.15, 0.2) is 79.1 Å². The van der Waals surface area contributed by atoms with E-state index in [0.29, 0.717) is 17.9 Å². The first-order valence-electron chi connectivity index (χ1n) is 12.4. The molecule has 0 aliphatic heterocycles. The molecule has 1 fully saturated rings. The normalized spacial score (nSPS) is 14.9. The van der Waals surface area contributed by atoms with E-state index in [4.69, 9.17) is 5.73 Å². The number of para-hydroxylation sites is 2. The maximum atomic E-state index is 13.3. The molecule has 0 radical (unpaired) electrons. The first-order valence-corrected chi connectivity index (χ1v) is 12.4. The molecule has 36 heavy (non-hydrogen) atoms. The third-order valence-electron chi connectivity index (χ3n) is 6.39. The number of nitrogens with two attached hydrogens (primary N) is 1. The predicted molar refractivity (Wildman–Crippen MR) is 144 cm³/mol. The highest BCUT2D eigenvalue weighted by Gasteiger charge is 2.24. The number of anilines is 2. The largest absolute Gasteiger partial charge is 0.397 e. The van der Waals surface area contributed by atoms with Crippen molar-refractivity contribution in [2.75, 3.05) is 11.1 Å². The zero-order chi connectivity index (χ0) is 25.2. The summed E-state index contributed by atoms with van der Waals surface area (Å²) in [6.45, 7) is 0.551. The molecule has 2 aromatic carbocycles. The second kappa shape index (κ2) is 12.7. The van der Waals surface area contributed by atoms with Crippen molar-refractivity contribution in [3.05, 3.63) is 95.8 Å². The first-order chi connectivity index (χ1) is 17.6. The molecule has 7 nitrogen and oxygen atoms in total. The number of nitrogens with zero attached hydrogens (tertiary/aromatic N) is 1. The van der Waals surface area contributed by atoms with Crippen molar-refractivity contribution in [3.8, 4) is 0 Å². The van der Waals surface area contributed by atoms with Gasteiger partial charge in [-0.2, -0.15) is 0 Å². The Kier molecular flexibility index (Phi) is 8.83. The van der Waals surface area contributed by atoms with Gasteiger partial charge in [0.05, 0.1) is 11.4 Å². The summed E-state index contributed by atoms with van der Waals surface area (Å²) in [4.78, 5) is 29.6. The molecule has 0 spiro atoms. The van der Waals surface area contributed by atoms with Crippen LogP contribution in [0.5, 0.6) is 0 Å². The molecule has 1 aliphatic rings. The SMILES string of the molecule is Nc1ccccc1NC(=O)/C=C/c1ccc(C(NCc2ccncc2)C(=O)NC2CCCCC2)cc1. The molecule has 0 saturated heterocycles. The molecule has 5 N–H and O–H groups in total. The van der Waals surface area contributed by atoms with Gasteiger partial charge in [-0.1, -0.05) is 55.7 Å². The van der Waals surface area contributed by atoms with Gasteiger partial charge >= 0.3 is 0 Å². The fourth-order valence-electron chi connectivity index (χ4n) is 4.37. The number of carbonyl (C=O) groups is 2. The van der Waals surface area contributed by atoms with Crippen molar-refractivity contribution in [1.82, 2.24) is 15.6 Å². The van der Waals surface area contributed by atoms with Crippen LogP contribution < -0.4 is 21.7 Å². The molecule has 1 saturated carbocycles. The summed E-state index contributed by atoms with van der Waals surface area (Å²) in [5, 5.41) is 9.43. The standard InChI is InChI=1S/C29H33N5O2/c30-25-8-4-5-9-26(25)34-27(35)15-12-21-10-13-23(14-11-21)28(32-20-22-16-18-31-19-17-22)29(36)33-24-6-2-1-3-7-24/h4-5,8-19,24,28,32H,1-3,6-7,20,30H2,(H,33,36)(H,34,35)/b15-12+. The fraction of sp³-hybridized carbons (Fsp3) is 0.276. The number of rotatable bonds is 9. The van der Waals surface area contributed by atoms with Crippen LogP contribution in [0.1, 0.15) is 54.8 Å². The third-order valence-corrected chi connectivity index (χ3v) is 6.39. The summed E-state index contributed by atoms with van der Waals surface area (Å²) in [6, 6.07) is 18.4. The minimum Gasteiger partial charge on any atom is -0.397 e. The maximum Gasteiger partial charge on any atom is 0.248 e. The molecule has 1 aromatic heterocycles. The van der Waals surface area contributed by atoms with Crippen LogP contribution >= 0.6 is 0 Å². The number of aromatic nitrogens is 1. The highest BCUT2D eigenvalue weighted by molar-refractivity contribution is 6.03. The van der Waals surface area contributed by atoms with Crippen LogP contribution in [0, 0.1) is 0 Å². The maximum absolute atomic E-state index is 13.3. The van der Waals surface area contributed by atoms with E-state index in [-0.39, 0.29) is 17.9 Å². The number of benzene rings is 2. The molecule has 3 aromatic rings. The number of nitrogen functional groups attached to an aromatic ring is 1. The lowest BCUT2D eigenvalue weighted by Crippen LogP contribution is -2.43. The van der Waals surface area contributed by atoms with Crippen molar-refractivity contribution in [2.24, 2.45) is 0 Å². The van der Waals surface area contributed by atoms with Crippen LogP contribution in [0.2, 0.25) is 0 Å². The lowest BCUT2D eigenvalue weighted by molar-refractivity contribution is -0.124. The molecule has 1 unspecified atom stereocenters. The Balaban J connectivity index is 1.43. The van der Waals surface area contributed by atoms with Crippen LogP contribution in [0.3, 0.4) is 0 Å². The number of hydrogen-bond acceptors (Lipinski definition) is 5. The van der Waals surface area contributed by atoms with Gasteiger partial charge in [-0.05, 0) is 59.9 Å². The average Bonchev–Trinajstić information content (AvgIpc) is 2.91. The minimum absolute atomic E-state index is 0.0147. The Morgan fingerprint density at radius 2 is 1.69 bits per heavy atom. The monoisotopic (exact) mass is 483 g/mol. The minimum atomic E-state index is -0.484. The summed E-state index contributed by atoms with van der Waals surface area (Å²) >= 11 is 0. The summed E-state index contributed by atoms with van der Waals surface area (Å²) in [7, 11) is 0. The summed E-state index contributed by atoms with van der Waals surface area (Å²) < 4.78 is 0. The third kappa shape index (κ3) is 7.26. The molecular formula is C29H33N5O2. The predicted octanol–water partition coefficient (Wildman–Crippen LogP) is 4.60. The van der Waals surface area contributed by atoms with Gasteiger partial charge in [0.1, 0.15) is 6.04 Å². The first kappa shape index (κ1) is 25.1. The number of nitrogens with one attached hydrogen (secondary N) is 3. The molecule has 186 valence electrons. The summed E-state index contributed by atoms with van der Waals surface area (Å²) in [5.74, 6) is -0.278. The highest BCUT2D eigenvalue weighted by Crippen LogP contribution is 2.21. The van der Waals surface area contributed by atoms with Crippen LogP contribution in [-0.2, 0) is 16.1 Å². The van der Waals surface area contributed by atoms with E-state index in [1.54, 1.807) is 30.6 Å². The quantitative estimate of drug-likeness (QED) is 0.263. The van der Waals surface area contributed by atoms with Crippen molar-refractivity contribution in [2.45, 2.75) is 50.7 Å². The van der Waals surface area contributed by atoms with E-state index >= 15 is 0 Å². The highest BCUT2D eigenvalue weighted by atomic mass is 16.2. The molecule has 1 heterocycles. The second-order valence-electron chi connectivity index (χ2n) is 9.09. The van der Waals surface area contributed by atoms with Gasteiger partial charge in [0.25, 0.3) is 0 Å². The molecular weight excluding hydrogens is 450 g/mol. The van der Waals surface area contributed by atoms with E-state index in [0.717, 1.165) is 42.4 Å². The lowest BCUT2D eigenvalue weighted by Gasteiger charge is -2.26. The lowest BCUT2D eigenvalue weighted by atomic mass is 9.94. The van der Waals surface area contributed by atoms with E-state index < -0.39 is 6.04 Å². The van der Waals surface area contributed by atoms with Crippen LogP contribution in [-0.4, -0.2) is 22.8 Å². The summed E-state index contributed by atoms with van der Waals surface area (Å²) in [6.07, 6.45) is 12.3. The van der Waals surface area contributed by atoms with E-state index in [1.807, 2.05) is 48.5 Å². The number of hydrogen-bond donors (Lipinski definition) is 4. The Bertz CT molecular complexity index is 1170. The average molecular weight is 484 g/mol. The van der Waals surface area contributed by atoms with E-state index in [9.17, 15) is 9.59 Å². The van der Waals surface area contributed by atoms with E-state index in [1.165, 1.54) is 12.5 Å². The molecule has 7 heteroatoms. The molecule has 0 bridgehead atoms. The zero-order valence-electron chi connectivity index (χ0n) is 20.3.